The summed E-state index contributed by atoms with van der Waals surface area (Å²) in [6.45, 7) is 11.6. The Morgan fingerprint density at radius 1 is 1.38 bits per heavy atom. The van der Waals surface area contributed by atoms with E-state index in [2.05, 4.69) is 6.92 Å². The van der Waals surface area contributed by atoms with Crippen LogP contribution >= 0.6 is 0 Å². The van der Waals surface area contributed by atoms with Crippen molar-refractivity contribution in [3.8, 4) is 11.5 Å². The van der Waals surface area contributed by atoms with Crippen molar-refractivity contribution in [1.29, 1.82) is 0 Å². The van der Waals surface area contributed by atoms with Crippen LogP contribution in [0.25, 0.3) is 0 Å². The van der Waals surface area contributed by atoms with Gasteiger partial charge in [0.2, 0.25) is 0 Å². The number of esters is 1. The van der Waals surface area contributed by atoms with Crippen molar-refractivity contribution >= 4 is 11.8 Å². The van der Waals surface area contributed by atoms with Gasteiger partial charge in [-0.25, -0.2) is 0 Å². The van der Waals surface area contributed by atoms with Gasteiger partial charge in [-0.05, 0) is 65.2 Å². The smallest absolute Gasteiger partial charge is 0.316 e. The molecule has 0 spiro atoms. The first-order valence-electron chi connectivity index (χ1n) is 10.8. The van der Waals surface area contributed by atoms with Gasteiger partial charge in [0.05, 0.1) is 11.5 Å². The first-order chi connectivity index (χ1) is 13.5. The van der Waals surface area contributed by atoms with Crippen molar-refractivity contribution in [2.24, 2.45) is 5.92 Å². The first-order valence-corrected chi connectivity index (χ1v) is 10.8. The van der Waals surface area contributed by atoms with Gasteiger partial charge in [-0.2, -0.15) is 0 Å². The highest BCUT2D eigenvalue weighted by atomic mass is 16.5. The quantitative estimate of drug-likeness (QED) is 0.700. The molecule has 0 unspecified atom stereocenters. The standard InChI is InChI=1S/C24H34O5/c1-7-8-14(2)28-22(27)23(3,4)15-11-19(26)21-17-13-16(25)9-10-18(17)24(5,6)29-20(21)12-15/h11-12,14,17-18,26H,7-10,13H2,1-6H3/t14-,17-,18-/m1/s1. The van der Waals surface area contributed by atoms with Gasteiger partial charge < -0.3 is 14.6 Å². The second-order valence-corrected chi connectivity index (χ2v) is 9.74. The predicted molar refractivity (Wildman–Crippen MR) is 111 cm³/mol. The molecule has 2 aliphatic rings. The third-order valence-corrected chi connectivity index (χ3v) is 6.66. The zero-order valence-electron chi connectivity index (χ0n) is 18.5. The van der Waals surface area contributed by atoms with Crippen LogP contribution in [0.4, 0.5) is 0 Å². The summed E-state index contributed by atoms with van der Waals surface area (Å²) in [6, 6.07) is 3.49. The third-order valence-electron chi connectivity index (χ3n) is 6.66. The van der Waals surface area contributed by atoms with E-state index in [4.69, 9.17) is 9.47 Å². The summed E-state index contributed by atoms with van der Waals surface area (Å²) in [7, 11) is 0. The molecule has 0 radical (unpaired) electrons. The molecule has 5 heteroatoms. The Balaban J connectivity index is 1.98. The molecule has 1 N–H and O–H groups in total. The Kier molecular flexibility index (Phi) is 5.72. The summed E-state index contributed by atoms with van der Waals surface area (Å²) >= 11 is 0. The number of hydrogen-bond donors (Lipinski definition) is 1. The number of benzene rings is 1. The van der Waals surface area contributed by atoms with E-state index < -0.39 is 11.0 Å². The van der Waals surface area contributed by atoms with Crippen molar-refractivity contribution in [1.82, 2.24) is 0 Å². The Hall–Kier alpha value is -2.04. The van der Waals surface area contributed by atoms with Crippen LogP contribution in [0.1, 0.15) is 90.7 Å². The van der Waals surface area contributed by atoms with E-state index >= 15 is 0 Å². The average Bonchev–Trinajstić information content (AvgIpc) is 2.60. The second kappa shape index (κ2) is 7.66. The molecule has 0 bridgehead atoms. The topological polar surface area (TPSA) is 72.8 Å². The highest BCUT2D eigenvalue weighted by Crippen LogP contribution is 2.54. The fraction of sp³-hybridized carbons (Fsp3) is 0.667. The number of fused-ring (bicyclic) bond motifs is 3. The van der Waals surface area contributed by atoms with E-state index in [-0.39, 0.29) is 35.4 Å². The summed E-state index contributed by atoms with van der Waals surface area (Å²) in [5.74, 6) is 0.704. The van der Waals surface area contributed by atoms with Crippen molar-refractivity contribution in [2.45, 2.75) is 96.7 Å². The van der Waals surface area contributed by atoms with Gasteiger partial charge >= 0.3 is 5.97 Å². The lowest BCUT2D eigenvalue weighted by Crippen LogP contribution is -2.47. The number of Topliss-reactive ketones (excluding diaryl/α,β-unsaturated/α-hetero) is 1. The van der Waals surface area contributed by atoms with Gasteiger partial charge in [0.25, 0.3) is 0 Å². The highest BCUT2D eigenvalue weighted by molar-refractivity contribution is 5.83. The molecule has 1 aromatic carbocycles. The van der Waals surface area contributed by atoms with Crippen LogP contribution in [0.2, 0.25) is 0 Å². The molecule has 5 nitrogen and oxygen atoms in total. The fourth-order valence-corrected chi connectivity index (χ4v) is 4.84. The molecule has 1 fully saturated rings. The fourth-order valence-electron chi connectivity index (χ4n) is 4.84. The van der Waals surface area contributed by atoms with Crippen LogP contribution < -0.4 is 4.74 Å². The number of carbonyl (C=O) groups excluding carboxylic acids is 2. The van der Waals surface area contributed by atoms with Crippen LogP contribution in [-0.2, 0) is 19.7 Å². The molecule has 1 aromatic rings. The van der Waals surface area contributed by atoms with E-state index in [0.717, 1.165) is 19.3 Å². The molecule has 1 aliphatic heterocycles. The molecule has 3 atom stereocenters. The normalized spacial score (nSPS) is 24.1. The van der Waals surface area contributed by atoms with E-state index in [0.29, 0.717) is 29.7 Å². The lowest BCUT2D eigenvalue weighted by Gasteiger charge is -2.47. The Morgan fingerprint density at radius 3 is 2.72 bits per heavy atom. The van der Waals surface area contributed by atoms with Gasteiger partial charge in [-0.3, -0.25) is 9.59 Å². The van der Waals surface area contributed by atoms with Gasteiger partial charge in [0.1, 0.15) is 22.9 Å². The molecule has 0 saturated heterocycles. The Bertz CT molecular complexity index is 808. The van der Waals surface area contributed by atoms with E-state index in [1.807, 2.05) is 26.8 Å². The number of phenolic OH excluding ortho intramolecular Hbond substituents is 1. The van der Waals surface area contributed by atoms with E-state index in [1.165, 1.54) is 0 Å². The molecule has 0 amide bonds. The molecule has 1 saturated carbocycles. The number of ether oxygens (including phenoxy) is 2. The summed E-state index contributed by atoms with van der Waals surface area (Å²) in [6.07, 6.45) is 3.37. The lowest BCUT2D eigenvalue weighted by molar-refractivity contribution is -0.154. The van der Waals surface area contributed by atoms with Crippen molar-refractivity contribution in [2.75, 3.05) is 0 Å². The van der Waals surface area contributed by atoms with Crippen LogP contribution in [0.15, 0.2) is 12.1 Å². The van der Waals surface area contributed by atoms with Crippen LogP contribution in [0, 0.1) is 5.92 Å². The second-order valence-electron chi connectivity index (χ2n) is 9.74. The van der Waals surface area contributed by atoms with Crippen LogP contribution in [0.5, 0.6) is 11.5 Å². The van der Waals surface area contributed by atoms with Crippen molar-refractivity contribution < 1.29 is 24.2 Å². The predicted octanol–water partition coefficient (Wildman–Crippen LogP) is 5.03. The monoisotopic (exact) mass is 402 g/mol. The van der Waals surface area contributed by atoms with Gasteiger partial charge in [-0.15, -0.1) is 0 Å². The summed E-state index contributed by atoms with van der Waals surface area (Å²) in [5, 5.41) is 10.9. The summed E-state index contributed by atoms with van der Waals surface area (Å²) < 4.78 is 11.9. The number of carbonyl (C=O) groups is 2. The highest BCUT2D eigenvalue weighted by Gasteiger charge is 2.48. The largest absolute Gasteiger partial charge is 0.508 e. The number of aromatic hydroxyl groups is 1. The van der Waals surface area contributed by atoms with Crippen molar-refractivity contribution in [3.05, 3.63) is 23.3 Å². The Morgan fingerprint density at radius 2 is 2.07 bits per heavy atom. The average molecular weight is 403 g/mol. The number of hydrogen-bond acceptors (Lipinski definition) is 5. The van der Waals surface area contributed by atoms with Crippen LogP contribution in [0.3, 0.4) is 0 Å². The van der Waals surface area contributed by atoms with Gasteiger partial charge in [0, 0.05) is 30.2 Å². The number of ketones is 1. The minimum Gasteiger partial charge on any atom is -0.508 e. The zero-order valence-corrected chi connectivity index (χ0v) is 18.5. The van der Waals surface area contributed by atoms with Gasteiger partial charge in [-0.1, -0.05) is 13.3 Å². The maximum absolute atomic E-state index is 12.8. The third kappa shape index (κ3) is 4.01. The maximum atomic E-state index is 12.8. The molecule has 29 heavy (non-hydrogen) atoms. The molecule has 1 aliphatic carbocycles. The molecule has 160 valence electrons. The Labute approximate surface area is 173 Å². The van der Waals surface area contributed by atoms with E-state index in [1.54, 1.807) is 19.9 Å². The maximum Gasteiger partial charge on any atom is 0.316 e. The molecule has 1 heterocycles. The summed E-state index contributed by atoms with van der Waals surface area (Å²) in [4.78, 5) is 25.0. The first kappa shape index (κ1) is 21.7. The molecule has 0 aromatic heterocycles. The lowest BCUT2D eigenvalue weighted by atomic mass is 9.66. The molecular formula is C24H34O5. The van der Waals surface area contributed by atoms with Gasteiger partial charge in [0.15, 0.2) is 0 Å². The molecule has 3 rings (SSSR count). The van der Waals surface area contributed by atoms with E-state index in [9.17, 15) is 14.7 Å². The zero-order chi connectivity index (χ0) is 21.6. The summed E-state index contributed by atoms with van der Waals surface area (Å²) in [5.41, 5.74) is -0.0150. The van der Waals surface area contributed by atoms with Crippen molar-refractivity contribution in [3.63, 3.8) is 0 Å². The minimum absolute atomic E-state index is 0.0521. The molecular weight excluding hydrogens is 368 g/mol. The number of rotatable bonds is 5. The minimum atomic E-state index is -0.929. The SMILES string of the molecule is CCC[C@@H](C)OC(=O)C(C)(C)c1cc(O)c2c(c1)OC(C)(C)[C@@H]1CCC(=O)C[C@@H]21. The number of phenols is 1. The van der Waals surface area contributed by atoms with Crippen LogP contribution in [-0.4, -0.2) is 28.6 Å².